The largest absolute Gasteiger partial charge is 0.493 e. The summed E-state index contributed by atoms with van der Waals surface area (Å²) in [6.07, 6.45) is 1.67. The van der Waals surface area contributed by atoms with Crippen molar-refractivity contribution in [1.82, 2.24) is 9.36 Å². The Bertz CT molecular complexity index is 1020. The van der Waals surface area contributed by atoms with E-state index in [1.807, 2.05) is 74.1 Å². The van der Waals surface area contributed by atoms with Crippen molar-refractivity contribution in [3.8, 4) is 17.2 Å². The van der Waals surface area contributed by atoms with E-state index in [2.05, 4.69) is 4.99 Å². The van der Waals surface area contributed by atoms with Crippen LogP contribution in [0.2, 0.25) is 0 Å². The van der Waals surface area contributed by atoms with Crippen LogP contribution in [0.4, 0.5) is 5.69 Å². The minimum atomic E-state index is -0.156. The quantitative estimate of drug-likeness (QED) is 0.627. The van der Waals surface area contributed by atoms with Gasteiger partial charge in [0.2, 0.25) is 0 Å². The molecule has 0 aliphatic heterocycles. The van der Waals surface area contributed by atoms with Crippen LogP contribution in [0.25, 0.3) is 5.69 Å². The molecule has 0 N–H and O–H groups in total. The summed E-state index contributed by atoms with van der Waals surface area (Å²) in [6.45, 7) is 4.34. The van der Waals surface area contributed by atoms with Gasteiger partial charge in [-0.3, -0.25) is 9.48 Å². The SMILES string of the molecule is CCOc1cc(C=Nc2c(C)n(C)n(-c3ccccc3)c2=O)ccc1OC. The monoisotopic (exact) mass is 365 g/mol. The molecule has 0 saturated carbocycles. The highest BCUT2D eigenvalue weighted by Gasteiger charge is 2.15. The fourth-order valence-corrected chi connectivity index (χ4v) is 2.88. The Labute approximate surface area is 158 Å². The highest BCUT2D eigenvalue weighted by molar-refractivity contribution is 5.83. The first kappa shape index (κ1) is 18.5. The third kappa shape index (κ3) is 3.65. The van der Waals surface area contributed by atoms with E-state index in [1.54, 1.807) is 18.0 Å². The summed E-state index contributed by atoms with van der Waals surface area (Å²) in [7, 11) is 3.45. The van der Waals surface area contributed by atoms with E-state index in [0.29, 0.717) is 23.8 Å². The molecule has 0 saturated heterocycles. The van der Waals surface area contributed by atoms with Crippen LogP contribution in [-0.2, 0) is 7.05 Å². The number of aliphatic imine (C=N–C) groups is 1. The van der Waals surface area contributed by atoms with E-state index < -0.39 is 0 Å². The van der Waals surface area contributed by atoms with Crippen molar-refractivity contribution < 1.29 is 9.47 Å². The summed E-state index contributed by atoms with van der Waals surface area (Å²) in [5, 5.41) is 0. The van der Waals surface area contributed by atoms with E-state index in [9.17, 15) is 4.79 Å². The predicted octanol–water partition coefficient (Wildman–Crippen LogP) is 3.64. The van der Waals surface area contributed by atoms with Gasteiger partial charge in [-0.05, 0) is 49.7 Å². The molecule has 27 heavy (non-hydrogen) atoms. The van der Waals surface area contributed by atoms with E-state index in [1.165, 1.54) is 0 Å². The molecule has 2 aromatic carbocycles. The maximum absolute atomic E-state index is 12.9. The molecule has 0 aliphatic carbocycles. The van der Waals surface area contributed by atoms with Crippen LogP contribution in [-0.4, -0.2) is 29.3 Å². The number of rotatable bonds is 6. The number of hydrogen-bond donors (Lipinski definition) is 0. The molecular formula is C21H23N3O3. The lowest BCUT2D eigenvalue weighted by Gasteiger charge is -2.09. The molecule has 140 valence electrons. The van der Waals surface area contributed by atoms with Crippen molar-refractivity contribution in [1.29, 1.82) is 0 Å². The van der Waals surface area contributed by atoms with Gasteiger partial charge in [-0.25, -0.2) is 9.67 Å². The van der Waals surface area contributed by atoms with Crippen molar-refractivity contribution in [2.45, 2.75) is 13.8 Å². The van der Waals surface area contributed by atoms with Gasteiger partial charge in [0.1, 0.15) is 0 Å². The maximum Gasteiger partial charge on any atom is 0.297 e. The summed E-state index contributed by atoms with van der Waals surface area (Å²) in [5.41, 5.74) is 2.68. The Morgan fingerprint density at radius 2 is 1.85 bits per heavy atom. The first-order valence-corrected chi connectivity index (χ1v) is 8.75. The van der Waals surface area contributed by atoms with Crippen molar-refractivity contribution in [3.05, 3.63) is 70.1 Å². The van der Waals surface area contributed by atoms with Gasteiger partial charge in [0.15, 0.2) is 17.2 Å². The zero-order valence-corrected chi connectivity index (χ0v) is 16.0. The van der Waals surface area contributed by atoms with E-state index in [-0.39, 0.29) is 5.56 Å². The standard InChI is InChI=1S/C21H23N3O3/c1-5-27-19-13-16(11-12-18(19)26-4)14-22-20-15(2)23(3)24(21(20)25)17-9-7-6-8-10-17/h6-14H,5H2,1-4H3. The molecule has 0 atom stereocenters. The molecule has 6 nitrogen and oxygen atoms in total. The van der Waals surface area contributed by atoms with Gasteiger partial charge in [0.05, 0.1) is 25.1 Å². The number of methoxy groups -OCH3 is 1. The topological polar surface area (TPSA) is 57.8 Å². The van der Waals surface area contributed by atoms with Crippen molar-refractivity contribution in [3.63, 3.8) is 0 Å². The lowest BCUT2D eigenvalue weighted by Crippen LogP contribution is -2.19. The number of aromatic nitrogens is 2. The Morgan fingerprint density at radius 3 is 2.52 bits per heavy atom. The fraction of sp³-hybridized carbons (Fsp3) is 0.238. The zero-order valence-electron chi connectivity index (χ0n) is 16.0. The fourth-order valence-electron chi connectivity index (χ4n) is 2.88. The van der Waals surface area contributed by atoms with Crippen LogP contribution >= 0.6 is 0 Å². The van der Waals surface area contributed by atoms with E-state index in [0.717, 1.165) is 16.9 Å². The summed E-state index contributed by atoms with van der Waals surface area (Å²) < 4.78 is 14.3. The van der Waals surface area contributed by atoms with Gasteiger partial charge in [-0.2, -0.15) is 0 Å². The maximum atomic E-state index is 12.9. The van der Waals surface area contributed by atoms with Crippen molar-refractivity contribution >= 4 is 11.9 Å². The van der Waals surface area contributed by atoms with Gasteiger partial charge in [0, 0.05) is 13.3 Å². The lowest BCUT2D eigenvalue weighted by atomic mass is 10.2. The molecule has 0 unspecified atom stereocenters. The lowest BCUT2D eigenvalue weighted by molar-refractivity contribution is 0.311. The smallest absolute Gasteiger partial charge is 0.297 e. The van der Waals surface area contributed by atoms with Gasteiger partial charge in [-0.15, -0.1) is 0 Å². The van der Waals surface area contributed by atoms with E-state index in [4.69, 9.17) is 9.47 Å². The molecule has 6 heteroatoms. The Balaban J connectivity index is 1.99. The molecule has 3 aromatic rings. The second kappa shape index (κ2) is 7.95. The first-order chi connectivity index (χ1) is 13.1. The zero-order chi connectivity index (χ0) is 19.4. The van der Waals surface area contributed by atoms with E-state index >= 15 is 0 Å². The third-order valence-corrected chi connectivity index (χ3v) is 4.35. The molecule has 1 aromatic heterocycles. The summed E-state index contributed by atoms with van der Waals surface area (Å²) in [5.74, 6) is 1.31. The number of nitrogens with zero attached hydrogens (tertiary/aromatic N) is 3. The van der Waals surface area contributed by atoms with Crippen LogP contribution in [0.3, 0.4) is 0 Å². The number of benzene rings is 2. The molecule has 0 fully saturated rings. The summed E-state index contributed by atoms with van der Waals surface area (Å²) >= 11 is 0. The highest BCUT2D eigenvalue weighted by atomic mass is 16.5. The van der Waals surface area contributed by atoms with Crippen LogP contribution in [0.5, 0.6) is 11.5 Å². The van der Waals surface area contributed by atoms with Gasteiger partial charge in [-0.1, -0.05) is 18.2 Å². The highest BCUT2D eigenvalue weighted by Crippen LogP contribution is 2.27. The summed E-state index contributed by atoms with van der Waals surface area (Å²) in [4.78, 5) is 17.3. The van der Waals surface area contributed by atoms with Crippen molar-refractivity contribution in [2.75, 3.05) is 13.7 Å². The average Bonchev–Trinajstić information content (AvgIpc) is 2.90. The van der Waals surface area contributed by atoms with Crippen LogP contribution in [0.1, 0.15) is 18.2 Å². The van der Waals surface area contributed by atoms with Gasteiger partial charge in [0.25, 0.3) is 5.56 Å². The van der Waals surface area contributed by atoms with Crippen LogP contribution in [0.15, 0.2) is 58.3 Å². The normalized spacial score (nSPS) is 11.1. The number of ether oxygens (including phenoxy) is 2. The third-order valence-electron chi connectivity index (χ3n) is 4.35. The van der Waals surface area contributed by atoms with Gasteiger partial charge >= 0.3 is 0 Å². The second-order valence-electron chi connectivity index (χ2n) is 6.01. The molecule has 3 rings (SSSR count). The molecule has 0 spiro atoms. The van der Waals surface area contributed by atoms with Gasteiger partial charge < -0.3 is 9.47 Å². The number of para-hydroxylation sites is 1. The van der Waals surface area contributed by atoms with Crippen LogP contribution in [0, 0.1) is 6.92 Å². The molecule has 0 bridgehead atoms. The first-order valence-electron chi connectivity index (χ1n) is 8.75. The molecule has 0 amide bonds. The summed E-state index contributed by atoms with van der Waals surface area (Å²) in [6, 6.07) is 15.1. The van der Waals surface area contributed by atoms with Crippen molar-refractivity contribution in [2.24, 2.45) is 12.0 Å². The number of hydrogen-bond acceptors (Lipinski definition) is 4. The Hall–Kier alpha value is -3.28. The average molecular weight is 365 g/mol. The van der Waals surface area contributed by atoms with Crippen LogP contribution < -0.4 is 15.0 Å². The molecular weight excluding hydrogens is 342 g/mol. The molecule has 0 aliphatic rings. The Morgan fingerprint density at radius 1 is 1.11 bits per heavy atom. The molecule has 1 heterocycles. The predicted molar refractivity (Wildman–Crippen MR) is 107 cm³/mol. The second-order valence-corrected chi connectivity index (χ2v) is 6.01. The minimum Gasteiger partial charge on any atom is -0.493 e. The Kier molecular flexibility index (Phi) is 5.45. The minimum absolute atomic E-state index is 0.156. The molecule has 0 radical (unpaired) electrons.